The summed E-state index contributed by atoms with van der Waals surface area (Å²) in [5.41, 5.74) is 2.30. The largest absolute Gasteiger partial charge is 0.497 e. The van der Waals surface area contributed by atoms with E-state index in [1.807, 2.05) is 66.2 Å². The van der Waals surface area contributed by atoms with Crippen molar-refractivity contribution in [2.45, 2.75) is 17.3 Å². The molecule has 0 saturated heterocycles. The van der Waals surface area contributed by atoms with Crippen LogP contribution in [0.25, 0.3) is 11.4 Å². The molecule has 1 N–H and O–H groups in total. The summed E-state index contributed by atoms with van der Waals surface area (Å²) < 4.78 is 7.02. The van der Waals surface area contributed by atoms with Crippen LogP contribution in [0.4, 0.5) is 11.4 Å². The first-order valence-electron chi connectivity index (χ1n) is 10.7. The number of rotatable bonds is 8. The highest BCUT2D eigenvalue weighted by Gasteiger charge is 2.27. The zero-order valence-corrected chi connectivity index (χ0v) is 20.2. The van der Waals surface area contributed by atoms with E-state index in [2.05, 4.69) is 15.5 Å². The predicted molar refractivity (Wildman–Crippen MR) is 134 cm³/mol. The summed E-state index contributed by atoms with van der Waals surface area (Å²) in [5.74, 6) is 0.968. The minimum absolute atomic E-state index is 0.143. The fraction of sp³-hybridized carbons (Fsp3) is 0.160. The Kier molecular flexibility index (Phi) is 7.11. The molecule has 0 aliphatic carbocycles. The molecule has 1 aromatic heterocycles. The van der Waals surface area contributed by atoms with E-state index in [-0.39, 0.29) is 11.4 Å². The van der Waals surface area contributed by atoms with E-state index in [0.29, 0.717) is 11.0 Å². The van der Waals surface area contributed by atoms with Gasteiger partial charge in [-0.3, -0.25) is 14.9 Å². The molecule has 0 radical (unpaired) electrons. The molecule has 4 aromatic rings. The summed E-state index contributed by atoms with van der Waals surface area (Å²) in [6.07, 6.45) is 0. The molecule has 0 spiro atoms. The molecule has 4 rings (SSSR count). The first-order valence-corrected chi connectivity index (χ1v) is 11.6. The van der Waals surface area contributed by atoms with E-state index in [0.717, 1.165) is 22.4 Å². The average molecular weight is 490 g/mol. The average Bonchev–Trinajstić information content (AvgIpc) is 3.23. The Morgan fingerprint density at radius 2 is 1.80 bits per heavy atom. The maximum Gasteiger partial charge on any atom is 0.293 e. The Balaban J connectivity index is 1.64. The maximum atomic E-state index is 13.4. The lowest BCUT2D eigenvalue weighted by Gasteiger charge is -2.17. The smallest absolute Gasteiger partial charge is 0.293 e. The second-order valence-electron chi connectivity index (χ2n) is 7.77. The van der Waals surface area contributed by atoms with Gasteiger partial charge in [0.1, 0.15) is 16.7 Å². The van der Waals surface area contributed by atoms with Crippen LogP contribution in [-0.4, -0.2) is 32.7 Å². The Bertz CT molecular complexity index is 1360. The monoisotopic (exact) mass is 489 g/mol. The Morgan fingerprint density at radius 1 is 1.09 bits per heavy atom. The summed E-state index contributed by atoms with van der Waals surface area (Å²) in [7, 11) is 3.43. The zero-order chi connectivity index (χ0) is 24.9. The van der Waals surface area contributed by atoms with Crippen molar-refractivity contribution < 1.29 is 14.5 Å². The van der Waals surface area contributed by atoms with Crippen LogP contribution in [0.3, 0.4) is 0 Å². The molecule has 1 amide bonds. The Labute approximate surface area is 206 Å². The van der Waals surface area contributed by atoms with Gasteiger partial charge < -0.3 is 14.6 Å². The second kappa shape index (κ2) is 10.4. The summed E-state index contributed by atoms with van der Waals surface area (Å²) in [6, 6.07) is 21.3. The van der Waals surface area contributed by atoms with Gasteiger partial charge in [-0.2, -0.15) is 0 Å². The molecule has 1 heterocycles. The maximum absolute atomic E-state index is 13.4. The number of nitrogens with one attached hydrogen (secondary N) is 1. The topological polar surface area (TPSA) is 112 Å². The van der Waals surface area contributed by atoms with E-state index in [4.69, 9.17) is 4.74 Å². The van der Waals surface area contributed by atoms with Gasteiger partial charge in [-0.15, -0.1) is 10.2 Å². The number of aromatic nitrogens is 3. The van der Waals surface area contributed by atoms with Crippen LogP contribution in [0.15, 0.2) is 78.0 Å². The molecule has 1 unspecified atom stereocenters. The van der Waals surface area contributed by atoms with E-state index in [1.54, 1.807) is 26.2 Å². The summed E-state index contributed by atoms with van der Waals surface area (Å²) >= 11 is 1.22. The van der Waals surface area contributed by atoms with Crippen LogP contribution in [0.1, 0.15) is 16.4 Å². The number of methoxy groups -OCH3 is 1. The van der Waals surface area contributed by atoms with Crippen molar-refractivity contribution in [3.8, 4) is 17.1 Å². The molecule has 178 valence electrons. The fourth-order valence-corrected chi connectivity index (χ4v) is 4.51. The van der Waals surface area contributed by atoms with Gasteiger partial charge in [-0.05, 0) is 48.4 Å². The zero-order valence-electron chi connectivity index (χ0n) is 19.3. The van der Waals surface area contributed by atoms with Gasteiger partial charge in [0, 0.05) is 18.7 Å². The second-order valence-corrected chi connectivity index (χ2v) is 8.84. The van der Waals surface area contributed by atoms with Gasteiger partial charge in [-0.1, -0.05) is 48.2 Å². The standard InChI is InChI=1S/C25H23N5O4S/c1-16-9-14-20(21(15-16)30(32)33)26-24(31)22(17-7-5-4-6-8-17)35-25-28-27-23(29(25)2)18-10-12-19(34-3)13-11-18/h4-15,22H,1-3H3,(H,26,31). The Hall–Kier alpha value is -4.18. The van der Waals surface area contributed by atoms with Crippen molar-refractivity contribution in [2.75, 3.05) is 12.4 Å². The van der Waals surface area contributed by atoms with Crippen molar-refractivity contribution in [3.63, 3.8) is 0 Å². The number of nitrogens with zero attached hydrogens (tertiary/aromatic N) is 4. The third-order valence-corrected chi connectivity index (χ3v) is 6.64. The molecule has 1 atom stereocenters. The van der Waals surface area contributed by atoms with E-state index in [1.165, 1.54) is 17.8 Å². The number of aryl methyl sites for hydroxylation is 1. The van der Waals surface area contributed by atoms with Gasteiger partial charge >= 0.3 is 0 Å². The van der Waals surface area contributed by atoms with Crippen LogP contribution < -0.4 is 10.1 Å². The molecular weight excluding hydrogens is 466 g/mol. The van der Waals surface area contributed by atoms with Gasteiger partial charge in [0.05, 0.1) is 12.0 Å². The normalized spacial score (nSPS) is 11.6. The summed E-state index contributed by atoms with van der Waals surface area (Å²) in [4.78, 5) is 24.4. The molecule has 0 fully saturated rings. The third-order valence-electron chi connectivity index (χ3n) is 5.35. The molecule has 0 aliphatic heterocycles. The fourth-order valence-electron chi connectivity index (χ4n) is 3.51. The van der Waals surface area contributed by atoms with Crippen molar-refractivity contribution >= 4 is 29.0 Å². The number of hydrogen-bond donors (Lipinski definition) is 1. The number of nitro groups is 1. The molecule has 0 bridgehead atoms. The van der Waals surface area contributed by atoms with E-state index >= 15 is 0 Å². The van der Waals surface area contributed by atoms with Gasteiger partial charge in [-0.25, -0.2) is 0 Å². The minimum atomic E-state index is -0.719. The number of carbonyl (C=O) groups excluding carboxylic acids is 1. The third kappa shape index (κ3) is 5.33. The van der Waals surface area contributed by atoms with E-state index < -0.39 is 16.1 Å². The predicted octanol–water partition coefficient (Wildman–Crippen LogP) is 5.18. The molecular formula is C25H23N5O4S. The number of hydrogen-bond acceptors (Lipinski definition) is 7. The van der Waals surface area contributed by atoms with Crippen molar-refractivity contribution in [2.24, 2.45) is 7.05 Å². The number of thioether (sulfide) groups is 1. The van der Waals surface area contributed by atoms with Gasteiger partial charge in [0.2, 0.25) is 5.91 Å². The SMILES string of the molecule is COc1ccc(-c2nnc(SC(C(=O)Nc3ccc(C)cc3[N+](=O)[O-])c3ccccc3)n2C)cc1. The molecule has 0 aliphatic rings. The number of anilines is 1. The molecule has 10 heteroatoms. The number of nitro benzene ring substituents is 1. The Morgan fingerprint density at radius 3 is 2.46 bits per heavy atom. The van der Waals surface area contributed by atoms with Gasteiger partial charge in [0.15, 0.2) is 11.0 Å². The van der Waals surface area contributed by atoms with Crippen LogP contribution in [-0.2, 0) is 11.8 Å². The molecule has 0 saturated carbocycles. The van der Waals surface area contributed by atoms with Crippen molar-refractivity contribution in [1.82, 2.24) is 14.8 Å². The van der Waals surface area contributed by atoms with Crippen LogP contribution in [0.5, 0.6) is 5.75 Å². The first kappa shape index (κ1) is 24.0. The lowest BCUT2D eigenvalue weighted by Crippen LogP contribution is -2.20. The first-order chi connectivity index (χ1) is 16.9. The highest BCUT2D eigenvalue weighted by Crippen LogP contribution is 2.37. The molecule has 35 heavy (non-hydrogen) atoms. The van der Waals surface area contributed by atoms with E-state index in [9.17, 15) is 14.9 Å². The van der Waals surface area contributed by atoms with Crippen LogP contribution in [0.2, 0.25) is 0 Å². The van der Waals surface area contributed by atoms with Gasteiger partial charge in [0.25, 0.3) is 5.69 Å². The number of carbonyl (C=O) groups is 1. The molecule has 9 nitrogen and oxygen atoms in total. The summed E-state index contributed by atoms with van der Waals surface area (Å²) in [6.45, 7) is 1.76. The van der Waals surface area contributed by atoms with Crippen LogP contribution in [0, 0.1) is 17.0 Å². The lowest BCUT2D eigenvalue weighted by molar-refractivity contribution is -0.384. The van der Waals surface area contributed by atoms with Crippen molar-refractivity contribution in [1.29, 1.82) is 0 Å². The molecule has 3 aromatic carbocycles. The van der Waals surface area contributed by atoms with Crippen LogP contribution >= 0.6 is 11.8 Å². The quantitative estimate of drug-likeness (QED) is 0.206. The lowest BCUT2D eigenvalue weighted by atomic mass is 10.1. The number of benzene rings is 3. The number of amides is 1. The highest BCUT2D eigenvalue weighted by molar-refractivity contribution is 8.00. The van der Waals surface area contributed by atoms with Crippen molar-refractivity contribution in [3.05, 3.63) is 94.0 Å². The minimum Gasteiger partial charge on any atom is -0.497 e. The number of ether oxygens (including phenoxy) is 1. The highest BCUT2D eigenvalue weighted by atomic mass is 32.2. The summed E-state index contributed by atoms with van der Waals surface area (Å²) in [5, 5.41) is 22.7.